The van der Waals surface area contributed by atoms with Gasteiger partial charge in [-0.3, -0.25) is 4.90 Å². The monoisotopic (exact) mass is 328 g/mol. The van der Waals surface area contributed by atoms with E-state index in [0.717, 1.165) is 39.1 Å². The van der Waals surface area contributed by atoms with Gasteiger partial charge in [0.05, 0.1) is 18.8 Å². The molecule has 0 radical (unpaired) electrons. The van der Waals surface area contributed by atoms with Crippen LogP contribution >= 0.6 is 0 Å². The minimum absolute atomic E-state index is 0.140. The summed E-state index contributed by atoms with van der Waals surface area (Å²) in [5.74, 6) is 0. The smallest absolute Gasteiger partial charge is 0.0731 e. The minimum atomic E-state index is -0.140. The van der Waals surface area contributed by atoms with Crippen molar-refractivity contribution in [3.63, 3.8) is 0 Å². The Hall–Kier alpha value is -1.36. The van der Waals surface area contributed by atoms with Crippen molar-refractivity contribution in [3.8, 4) is 0 Å². The van der Waals surface area contributed by atoms with Gasteiger partial charge in [-0.25, -0.2) is 0 Å². The number of ether oxygens (including phenoxy) is 1. The van der Waals surface area contributed by atoms with Crippen molar-refractivity contribution < 1.29 is 9.84 Å². The highest BCUT2D eigenvalue weighted by molar-refractivity contribution is 5.79. The van der Waals surface area contributed by atoms with E-state index in [0.29, 0.717) is 12.1 Å². The molecule has 3 atom stereocenters. The average molecular weight is 328 g/mol. The molecule has 2 aliphatic rings. The van der Waals surface area contributed by atoms with E-state index < -0.39 is 0 Å². The molecule has 4 heteroatoms. The molecule has 4 rings (SSSR count). The standard InChI is InChI=1S/C20H28N2O2/c23-17-10-12-22(15-17)19-7-3-4-8-20(19)24-14-13-21-11-9-16-5-1-2-6-18(16)21/h1-2,5-6,9,11,17,19-20,23H,3-4,7-8,10,12-15H2/t17?,19?,20-/m0/s1. The zero-order chi connectivity index (χ0) is 16.4. The first-order chi connectivity index (χ1) is 11.8. The number of para-hydroxylation sites is 1. The molecule has 1 saturated carbocycles. The van der Waals surface area contributed by atoms with Gasteiger partial charge in [0.1, 0.15) is 0 Å². The van der Waals surface area contributed by atoms with Crippen LogP contribution in [0.15, 0.2) is 36.5 Å². The van der Waals surface area contributed by atoms with Crippen LogP contribution in [0.4, 0.5) is 0 Å². The number of hydrogen-bond donors (Lipinski definition) is 1. The van der Waals surface area contributed by atoms with Gasteiger partial charge in [0.25, 0.3) is 0 Å². The fraction of sp³-hybridized carbons (Fsp3) is 0.600. The first kappa shape index (κ1) is 16.1. The van der Waals surface area contributed by atoms with Crippen molar-refractivity contribution >= 4 is 10.9 Å². The largest absolute Gasteiger partial charge is 0.392 e. The van der Waals surface area contributed by atoms with E-state index >= 15 is 0 Å². The fourth-order valence-electron chi connectivity index (χ4n) is 4.40. The van der Waals surface area contributed by atoms with Crippen LogP contribution in [-0.4, -0.2) is 52.5 Å². The molecule has 2 aromatic rings. The van der Waals surface area contributed by atoms with Crippen molar-refractivity contribution in [1.29, 1.82) is 0 Å². The topological polar surface area (TPSA) is 37.6 Å². The number of nitrogens with zero attached hydrogens (tertiary/aromatic N) is 2. The molecule has 1 aliphatic carbocycles. The van der Waals surface area contributed by atoms with Crippen molar-refractivity contribution in [2.75, 3.05) is 19.7 Å². The normalized spacial score (nSPS) is 28.6. The van der Waals surface area contributed by atoms with E-state index in [1.807, 2.05) is 0 Å². The summed E-state index contributed by atoms with van der Waals surface area (Å²) in [4.78, 5) is 2.46. The number of hydrogen-bond acceptors (Lipinski definition) is 3. The molecule has 0 amide bonds. The van der Waals surface area contributed by atoms with E-state index in [9.17, 15) is 5.11 Å². The second kappa shape index (κ2) is 7.26. The molecule has 0 spiro atoms. The Balaban J connectivity index is 1.35. The van der Waals surface area contributed by atoms with Crippen LogP contribution in [0.25, 0.3) is 10.9 Å². The summed E-state index contributed by atoms with van der Waals surface area (Å²) >= 11 is 0. The maximum atomic E-state index is 9.83. The molecule has 24 heavy (non-hydrogen) atoms. The Labute approximate surface area is 144 Å². The number of rotatable bonds is 5. The molecular weight excluding hydrogens is 300 g/mol. The Kier molecular flexibility index (Phi) is 4.88. The second-order valence-electron chi connectivity index (χ2n) is 7.27. The summed E-state index contributed by atoms with van der Waals surface area (Å²) in [6, 6.07) is 11.2. The molecule has 130 valence electrons. The van der Waals surface area contributed by atoms with Crippen LogP contribution in [0.1, 0.15) is 32.1 Å². The molecule has 2 heterocycles. The molecule has 2 unspecified atom stereocenters. The third-order valence-corrected chi connectivity index (χ3v) is 5.68. The van der Waals surface area contributed by atoms with Crippen molar-refractivity contribution in [2.24, 2.45) is 0 Å². The first-order valence-corrected chi connectivity index (χ1v) is 9.39. The molecule has 2 fully saturated rings. The number of likely N-dealkylation sites (tertiary alicyclic amines) is 1. The molecular formula is C20H28N2O2. The third kappa shape index (κ3) is 3.37. The molecule has 1 aromatic carbocycles. The van der Waals surface area contributed by atoms with Gasteiger partial charge in [-0.2, -0.15) is 0 Å². The maximum Gasteiger partial charge on any atom is 0.0731 e. The molecule has 1 saturated heterocycles. The van der Waals surface area contributed by atoms with Crippen LogP contribution < -0.4 is 0 Å². The summed E-state index contributed by atoms with van der Waals surface area (Å²) in [5, 5.41) is 11.1. The molecule has 1 aromatic heterocycles. The summed E-state index contributed by atoms with van der Waals surface area (Å²) in [7, 11) is 0. The minimum Gasteiger partial charge on any atom is -0.392 e. The van der Waals surface area contributed by atoms with Gasteiger partial charge in [0.15, 0.2) is 0 Å². The highest BCUT2D eigenvalue weighted by atomic mass is 16.5. The van der Waals surface area contributed by atoms with Gasteiger partial charge in [-0.15, -0.1) is 0 Å². The van der Waals surface area contributed by atoms with E-state index in [4.69, 9.17) is 4.74 Å². The van der Waals surface area contributed by atoms with Crippen LogP contribution in [-0.2, 0) is 11.3 Å². The zero-order valence-corrected chi connectivity index (χ0v) is 14.3. The third-order valence-electron chi connectivity index (χ3n) is 5.68. The lowest BCUT2D eigenvalue weighted by Crippen LogP contribution is -2.46. The van der Waals surface area contributed by atoms with Gasteiger partial charge in [-0.05, 0) is 36.8 Å². The van der Waals surface area contributed by atoms with Gasteiger partial charge in [0, 0.05) is 37.4 Å². The molecule has 4 nitrogen and oxygen atoms in total. The number of aliphatic hydroxyl groups is 1. The number of aliphatic hydroxyl groups excluding tert-OH is 1. The van der Waals surface area contributed by atoms with Crippen molar-refractivity contribution in [3.05, 3.63) is 36.5 Å². The van der Waals surface area contributed by atoms with E-state index in [1.165, 1.54) is 30.2 Å². The number of benzene rings is 1. The highest BCUT2D eigenvalue weighted by Gasteiger charge is 2.34. The quantitative estimate of drug-likeness (QED) is 0.917. The predicted molar refractivity (Wildman–Crippen MR) is 96.1 cm³/mol. The highest BCUT2D eigenvalue weighted by Crippen LogP contribution is 2.28. The van der Waals surface area contributed by atoms with Crippen LogP contribution in [0.5, 0.6) is 0 Å². The van der Waals surface area contributed by atoms with E-state index in [2.05, 4.69) is 46.0 Å². The van der Waals surface area contributed by atoms with Gasteiger partial charge in [0.2, 0.25) is 0 Å². The first-order valence-electron chi connectivity index (χ1n) is 9.39. The number of β-amino-alcohol motifs (C(OH)–C–C–N with tert-alkyl or cyclic N) is 1. The van der Waals surface area contributed by atoms with Crippen molar-refractivity contribution in [1.82, 2.24) is 9.47 Å². The van der Waals surface area contributed by atoms with E-state index in [1.54, 1.807) is 0 Å². The molecule has 1 aliphatic heterocycles. The summed E-state index contributed by atoms with van der Waals surface area (Å²) in [6.07, 6.45) is 8.18. The Morgan fingerprint density at radius 3 is 2.83 bits per heavy atom. The predicted octanol–water partition coefficient (Wildman–Crippen LogP) is 3.04. The van der Waals surface area contributed by atoms with Crippen LogP contribution in [0.2, 0.25) is 0 Å². The Bertz CT molecular complexity index is 668. The summed E-state index contributed by atoms with van der Waals surface area (Å²) in [5.41, 5.74) is 1.28. The van der Waals surface area contributed by atoms with Gasteiger partial charge < -0.3 is 14.4 Å². The van der Waals surface area contributed by atoms with Gasteiger partial charge >= 0.3 is 0 Å². The second-order valence-corrected chi connectivity index (χ2v) is 7.27. The molecule has 1 N–H and O–H groups in total. The lowest BCUT2D eigenvalue weighted by molar-refractivity contribution is -0.0350. The number of fused-ring (bicyclic) bond motifs is 1. The van der Waals surface area contributed by atoms with E-state index in [-0.39, 0.29) is 6.10 Å². The van der Waals surface area contributed by atoms with Crippen LogP contribution in [0, 0.1) is 0 Å². The maximum absolute atomic E-state index is 9.83. The SMILES string of the molecule is OC1CCN(C2CCCC[C@@H]2OCCn2ccc3ccccc32)C1. The summed E-state index contributed by atoms with van der Waals surface area (Å²) in [6.45, 7) is 3.51. The number of aromatic nitrogens is 1. The lowest BCUT2D eigenvalue weighted by atomic mass is 9.91. The zero-order valence-electron chi connectivity index (χ0n) is 14.3. The van der Waals surface area contributed by atoms with Crippen molar-refractivity contribution in [2.45, 2.75) is 56.9 Å². The summed E-state index contributed by atoms with van der Waals surface area (Å²) < 4.78 is 8.61. The average Bonchev–Trinajstić information content (AvgIpc) is 3.22. The fourth-order valence-corrected chi connectivity index (χ4v) is 4.40. The van der Waals surface area contributed by atoms with Gasteiger partial charge in [-0.1, -0.05) is 31.0 Å². The lowest BCUT2D eigenvalue weighted by Gasteiger charge is -2.37. The Morgan fingerprint density at radius 2 is 1.96 bits per heavy atom. The molecule has 0 bridgehead atoms. The Morgan fingerprint density at radius 1 is 1.08 bits per heavy atom. The van der Waals surface area contributed by atoms with Crippen LogP contribution in [0.3, 0.4) is 0 Å².